The van der Waals surface area contributed by atoms with Crippen LogP contribution in [-0.4, -0.2) is 62.2 Å². The van der Waals surface area contributed by atoms with E-state index in [2.05, 4.69) is 34.4 Å². The van der Waals surface area contributed by atoms with Gasteiger partial charge in [0.25, 0.3) is 0 Å². The van der Waals surface area contributed by atoms with Gasteiger partial charge in [-0.3, -0.25) is 9.79 Å². The maximum Gasteiger partial charge on any atom is 0.220 e. The van der Waals surface area contributed by atoms with E-state index >= 15 is 0 Å². The van der Waals surface area contributed by atoms with Gasteiger partial charge in [0.2, 0.25) is 5.91 Å². The number of amides is 1. The van der Waals surface area contributed by atoms with Gasteiger partial charge in [-0.25, -0.2) is 0 Å². The highest BCUT2D eigenvalue weighted by Gasteiger charge is 2.59. The van der Waals surface area contributed by atoms with Crippen LogP contribution in [0, 0.1) is 16.7 Å². The average molecular weight is 334 g/mol. The van der Waals surface area contributed by atoms with Crippen LogP contribution in [0.3, 0.4) is 0 Å². The van der Waals surface area contributed by atoms with Crippen molar-refractivity contribution < 1.29 is 9.53 Å². The number of nitrogens with zero attached hydrogens (tertiary/aromatic N) is 2. The predicted molar refractivity (Wildman–Crippen MR) is 92.8 cm³/mol. The van der Waals surface area contributed by atoms with Gasteiger partial charge in [-0.15, -0.1) is 0 Å². The van der Waals surface area contributed by atoms with Crippen LogP contribution >= 0.6 is 0 Å². The smallest absolute Gasteiger partial charge is 0.220 e. The molecule has 1 aliphatic carbocycles. The van der Waals surface area contributed by atoms with E-state index in [-0.39, 0.29) is 16.7 Å². The number of carbonyl (C=O) groups excluding carboxylic acids is 1. The second kappa shape index (κ2) is 5.61. The topological polar surface area (TPSA) is 66.0 Å². The Kier molecular flexibility index (Phi) is 3.79. The zero-order valence-electron chi connectivity index (χ0n) is 15.1. The van der Waals surface area contributed by atoms with Gasteiger partial charge in [-0.05, 0) is 19.3 Å². The molecular formula is C18H30N4O2. The van der Waals surface area contributed by atoms with Crippen LogP contribution in [0.1, 0.15) is 39.5 Å². The molecule has 4 rings (SSSR count). The van der Waals surface area contributed by atoms with Gasteiger partial charge < -0.3 is 20.3 Å². The molecule has 3 heterocycles. The average Bonchev–Trinajstić information content (AvgIpc) is 3.14. The Balaban J connectivity index is 1.45. The van der Waals surface area contributed by atoms with Crippen LogP contribution in [0.2, 0.25) is 0 Å². The summed E-state index contributed by atoms with van der Waals surface area (Å²) in [7, 11) is 1.87. The lowest BCUT2D eigenvalue weighted by Crippen LogP contribution is -2.68. The van der Waals surface area contributed by atoms with Crippen molar-refractivity contribution in [3.05, 3.63) is 0 Å². The number of fused-ring (bicyclic) bond motifs is 1. The van der Waals surface area contributed by atoms with Crippen molar-refractivity contribution >= 4 is 11.9 Å². The number of piperidine rings is 1. The zero-order chi connectivity index (χ0) is 16.9. The van der Waals surface area contributed by atoms with E-state index in [1.54, 1.807) is 0 Å². The van der Waals surface area contributed by atoms with E-state index in [1.165, 1.54) is 0 Å². The first-order valence-electron chi connectivity index (χ1n) is 9.32. The van der Waals surface area contributed by atoms with Crippen LogP contribution in [-0.2, 0) is 9.53 Å². The van der Waals surface area contributed by atoms with Gasteiger partial charge in [0, 0.05) is 62.5 Å². The van der Waals surface area contributed by atoms with E-state index < -0.39 is 0 Å². The Morgan fingerprint density at radius 3 is 3.00 bits per heavy atom. The Labute approximate surface area is 144 Å². The monoisotopic (exact) mass is 334 g/mol. The van der Waals surface area contributed by atoms with Gasteiger partial charge in [0.05, 0.1) is 6.10 Å². The van der Waals surface area contributed by atoms with E-state index in [0.717, 1.165) is 51.5 Å². The number of aliphatic imine (C=N–C) groups is 1. The van der Waals surface area contributed by atoms with Crippen LogP contribution in [0.15, 0.2) is 4.99 Å². The van der Waals surface area contributed by atoms with E-state index in [1.807, 2.05) is 7.05 Å². The van der Waals surface area contributed by atoms with Gasteiger partial charge >= 0.3 is 0 Å². The number of hydrogen-bond donors (Lipinski definition) is 2. The fourth-order valence-corrected chi connectivity index (χ4v) is 5.48. The van der Waals surface area contributed by atoms with Crippen molar-refractivity contribution in [1.29, 1.82) is 0 Å². The Morgan fingerprint density at radius 1 is 1.46 bits per heavy atom. The minimum atomic E-state index is 0.0983. The van der Waals surface area contributed by atoms with Crippen molar-refractivity contribution in [3.63, 3.8) is 0 Å². The molecule has 6 heteroatoms. The Bertz CT molecular complexity index is 561. The minimum Gasteiger partial charge on any atom is -0.377 e. The third-order valence-corrected chi connectivity index (χ3v) is 6.75. The Hall–Kier alpha value is -1.30. The number of rotatable bonds is 1. The third kappa shape index (κ3) is 2.41. The SMILES string of the molecule is CN=C(NC1C2CCOC2C1(C)C)N1CCCC2(CNC(=O)C2)C1. The first-order chi connectivity index (χ1) is 11.5. The molecule has 4 aliphatic rings. The number of guanidine groups is 1. The molecule has 0 aromatic rings. The van der Waals surface area contributed by atoms with Crippen LogP contribution < -0.4 is 10.6 Å². The van der Waals surface area contributed by atoms with Crippen LogP contribution in [0.4, 0.5) is 0 Å². The molecule has 134 valence electrons. The van der Waals surface area contributed by atoms with Gasteiger partial charge in [0.15, 0.2) is 5.96 Å². The van der Waals surface area contributed by atoms with Crippen molar-refractivity contribution in [3.8, 4) is 0 Å². The number of hydrogen-bond acceptors (Lipinski definition) is 3. The largest absolute Gasteiger partial charge is 0.377 e. The second-order valence-electron chi connectivity index (χ2n) is 8.71. The minimum absolute atomic E-state index is 0.0983. The highest BCUT2D eigenvalue weighted by Crippen LogP contribution is 2.52. The number of carbonyl (C=O) groups is 1. The fraction of sp³-hybridized carbons (Fsp3) is 0.889. The van der Waals surface area contributed by atoms with Crippen molar-refractivity contribution in [1.82, 2.24) is 15.5 Å². The molecule has 4 fully saturated rings. The molecule has 1 spiro atoms. The summed E-state index contributed by atoms with van der Waals surface area (Å²) in [6, 6.07) is 0.421. The van der Waals surface area contributed by atoms with E-state index in [9.17, 15) is 4.79 Å². The molecule has 3 aliphatic heterocycles. The predicted octanol–water partition coefficient (Wildman–Crippen LogP) is 0.977. The van der Waals surface area contributed by atoms with Gasteiger partial charge in [-0.1, -0.05) is 13.8 Å². The number of nitrogens with one attached hydrogen (secondary N) is 2. The summed E-state index contributed by atoms with van der Waals surface area (Å²) >= 11 is 0. The van der Waals surface area contributed by atoms with Crippen molar-refractivity contribution in [2.45, 2.75) is 51.7 Å². The van der Waals surface area contributed by atoms with Crippen molar-refractivity contribution in [2.24, 2.45) is 21.7 Å². The summed E-state index contributed by atoms with van der Waals surface area (Å²) in [5.74, 6) is 1.80. The Morgan fingerprint density at radius 2 is 2.29 bits per heavy atom. The molecule has 1 saturated carbocycles. The quantitative estimate of drug-likeness (QED) is 0.554. The molecule has 4 unspecified atom stereocenters. The first-order valence-corrected chi connectivity index (χ1v) is 9.32. The fourth-order valence-electron chi connectivity index (χ4n) is 5.48. The van der Waals surface area contributed by atoms with Crippen LogP contribution in [0.5, 0.6) is 0 Å². The molecule has 0 aromatic carbocycles. The summed E-state index contributed by atoms with van der Waals surface area (Å²) in [5, 5.41) is 6.76. The maximum absolute atomic E-state index is 11.7. The van der Waals surface area contributed by atoms with E-state index in [0.29, 0.717) is 24.5 Å². The number of likely N-dealkylation sites (tertiary alicyclic amines) is 1. The molecule has 2 N–H and O–H groups in total. The lowest BCUT2D eigenvalue weighted by Gasteiger charge is -2.55. The lowest BCUT2D eigenvalue weighted by atomic mass is 9.57. The molecule has 3 saturated heterocycles. The van der Waals surface area contributed by atoms with Crippen LogP contribution in [0.25, 0.3) is 0 Å². The molecule has 4 atom stereocenters. The van der Waals surface area contributed by atoms with Gasteiger partial charge in [-0.2, -0.15) is 0 Å². The third-order valence-electron chi connectivity index (χ3n) is 6.75. The zero-order valence-corrected chi connectivity index (χ0v) is 15.1. The molecule has 1 amide bonds. The van der Waals surface area contributed by atoms with Crippen molar-refractivity contribution in [2.75, 3.05) is 33.3 Å². The molecule has 6 nitrogen and oxygen atoms in total. The molecule has 0 aromatic heterocycles. The first kappa shape index (κ1) is 16.2. The maximum atomic E-state index is 11.7. The summed E-state index contributed by atoms with van der Waals surface area (Å²) in [5.41, 5.74) is 0.247. The van der Waals surface area contributed by atoms with E-state index in [4.69, 9.17) is 4.74 Å². The molecular weight excluding hydrogens is 304 g/mol. The summed E-state index contributed by atoms with van der Waals surface area (Å²) < 4.78 is 5.91. The highest BCUT2D eigenvalue weighted by molar-refractivity contribution is 5.82. The number of ether oxygens (including phenoxy) is 1. The summed E-state index contributed by atoms with van der Waals surface area (Å²) in [6.45, 7) is 8.23. The lowest BCUT2D eigenvalue weighted by molar-refractivity contribution is -0.119. The molecule has 24 heavy (non-hydrogen) atoms. The summed E-state index contributed by atoms with van der Waals surface area (Å²) in [4.78, 5) is 18.7. The standard InChI is InChI=1S/C18H30N4O2/c1-17(2)14(12-5-8-24-15(12)17)21-16(19-3)22-7-4-6-18(11-22)9-13(23)20-10-18/h12,14-15H,4-11H2,1-3H3,(H,19,21)(H,20,23). The highest BCUT2D eigenvalue weighted by atomic mass is 16.5. The molecule has 0 radical (unpaired) electrons. The van der Waals surface area contributed by atoms with Gasteiger partial charge in [0.1, 0.15) is 0 Å². The molecule has 0 bridgehead atoms. The normalized spacial score (nSPS) is 41.1. The summed E-state index contributed by atoms with van der Waals surface area (Å²) in [6.07, 6.45) is 4.45. The second-order valence-corrected chi connectivity index (χ2v) is 8.71.